The molecule has 0 radical (unpaired) electrons. The van der Waals surface area contributed by atoms with E-state index in [1.165, 1.54) is 18.5 Å². The van der Waals surface area contributed by atoms with E-state index in [1.54, 1.807) is 19.2 Å². The van der Waals surface area contributed by atoms with Crippen LogP contribution in [0.4, 0.5) is 22.9 Å². The second-order valence-corrected chi connectivity index (χ2v) is 5.66. The number of nitrogen functional groups attached to an aromatic ring is 1. The average molecular weight is 313 g/mol. The predicted octanol–water partition coefficient (Wildman–Crippen LogP) is 2.47. The van der Waals surface area contributed by atoms with Gasteiger partial charge in [-0.1, -0.05) is 0 Å². The second-order valence-electron chi connectivity index (χ2n) is 5.66. The van der Waals surface area contributed by atoms with Crippen LogP contribution in [0, 0.1) is 0 Å². The van der Waals surface area contributed by atoms with Gasteiger partial charge in [0.1, 0.15) is 0 Å². The zero-order valence-electron chi connectivity index (χ0n) is 13.4. The summed E-state index contributed by atoms with van der Waals surface area (Å²) >= 11 is 0. The van der Waals surface area contributed by atoms with Crippen molar-refractivity contribution >= 4 is 22.9 Å². The van der Waals surface area contributed by atoms with Crippen LogP contribution in [0.1, 0.15) is 18.4 Å². The van der Waals surface area contributed by atoms with Crippen molar-refractivity contribution in [2.75, 3.05) is 36.1 Å². The Bertz CT molecular complexity index is 683. The number of nitrogens with two attached hydrogens (primary N) is 2. The van der Waals surface area contributed by atoms with Crippen LogP contribution in [0.2, 0.25) is 0 Å². The molecule has 2 heterocycles. The van der Waals surface area contributed by atoms with Crippen LogP contribution in [-0.4, -0.2) is 25.2 Å². The molecule has 0 unspecified atom stereocenters. The highest BCUT2D eigenvalue weighted by Gasteiger charge is 2.15. The van der Waals surface area contributed by atoms with E-state index in [0.717, 1.165) is 24.3 Å². The fourth-order valence-corrected chi connectivity index (χ4v) is 2.90. The molecule has 1 aliphatic rings. The van der Waals surface area contributed by atoms with E-state index < -0.39 is 0 Å². The van der Waals surface area contributed by atoms with Crippen LogP contribution >= 0.6 is 0 Å². The van der Waals surface area contributed by atoms with Gasteiger partial charge in [-0.3, -0.25) is 0 Å². The number of methoxy groups -OCH3 is 1. The fourth-order valence-electron chi connectivity index (χ4n) is 2.90. The highest BCUT2D eigenvalue weighted by molar-refractivity contribution is 5.71. The monoisotopic (exact) mass is 313 g/mol. The normalized spacial score (nSPS) is 14.1. The maximum absolute atomic E-state index is 5.98. The largest absolute Gasteiger partial charge is 0.481 e. The first-order valence-corrected chi connectivity index (χ1v) is 7.86. The molecule has 0 aliphatic carbocycles. The lowest BCUT2D eigenvalue weighted by Crippen LogP contribution is -2.20. The van der Waals surface area contributed by atoms with Crippen molar-refractivity contribution in [2.45, 2.75) is 19.4 Å². The number of anilines is 4. The fraction of sp³-hybridized carbons (Fsp3) is 0.353. The molecule has 2 aromatic rings. The molecular formula is C17H23N5O. The van der Waals surface area contributed by atoms with Crippen molar-refractivity contribution in [1.82, 2.24) is 4.98 Å². The Morgan fingerprint density at radius 1 is 1.22 bits per heavy atom. The number of hydrogen-bond donors (Lipinski definition) is 3. The Labute approximate surface area is 136 Å². The van der Waals surface area contributed by atoms with Gasteiger partial charge in [-0.15, -0.1) is 0 Å². The van der Waals surface area contributed by atoms with E-state index in [0.29, 0.717) is 23.9 Å². The molecule has 1 fully saturated rings. The SMILES string of the molecule is COc1ccc(N)c(Nc2ccc(N3CCCC3)c(CN)c2)n1. The Morgan fingerprint density at radius 2 is 2.00 bits per heavy atom. The number of pyridine rings is 1. The summed E-state index contributed by atoms with van der Waals surface area (Å²) in [5.74, 6) is 1.11. The van der Waals surface area contributed by atoms with Gasteiger partial charge in [-0.2, -0.15) is 4.98 Å². The number of nitrogens with one attached hydrogen (secondary N) is 1. The second kappa shape index (κ2) is 6.75. The molecular weight excluding hydrogens is 290 g/mol. The van der Waals surface area contributed by atoms with Crippen LogP contribution in [-0.2, 0) is 6.54 Å². The molecule has 5 N–H and O–H groups in total. The third-order valence-corrected chi connectivity index (χ3v) is 4.12. The van der Waals surface area contributed by atoms with Crippen LogP contribution in [0.3, 0.4) is 0 Å². The highest BCUT2D eigenvalue weighted by atomic mass is 16.5. The van der Waals surface area contributed by atoms with Gasteiger partial charge in [0.2, 0.25) is 5.88 Å². The standard InChI is InChI=1S/C17H23N5O/c1-23-16-7-5-14(19)17(21-16)20-13-4-6-15(12(10-13)11-18)22-8-2-3-9-22/h4-7,10H,2-3,8-9,11,18-19H2,1H3,(H,20,21). The zero-order chi connectivity index (χ0) is 16.2. The maximum atomic E-state index is 5.98. The van der Waals surface area contributed by atoms with E-state index in [4.69, 9.17) is 16.2 Å². The molecule has 3 rings (SSSR count). The Balaban J connectivity index is 1.86. The highest BCUT2D eigenvalue weighted by Crippen LogP contribution is 2.29. The quantitative estimate of drug-likeness (QED) is 0.786. The summed E-state index contributed by atoms with van der Waals surface area (Å²) in [6.45, 7) is 2.71. The van der Waals surface area contributed by atoms with Gasteiger partial charge in [0.25, 0.3) is 0 Å². The Kier molecular flexibility index (Phi) is 4.52. The molecule has 1 saturated heterocycles. The lowest BCUT2D eigenvalue weighted by atomic mass is 10.1. The number of rotatable bonds is 5. The van der Waals surface area contributed by atoms with Gasteiger partial charge in [-0.05, 0) is 42.7 Å². The van der Waals surface area contributed by atoms with E-state index in [9.17, 15) is 0 Å². The number of ether oxygens (including phenoxy) is 1. The molecule has 0 bridgehead atoms. The van der Waals surface area contributed by atoms with Gasteiger partial charge in [0.05, 0.1) is 12.8 Å². The maximum Gasteiger partial charge on any atom is 0.215 e. The minimum atomic E-state index is 0.502. The predicted molar refractivity (Wildman–Crippen MR) is 94.3 cm³/mol. The summed E-state index contributed by atoms with van der Waals surface area (Å²) in [5.41, 5.74) is 15.8. The first-order chi connectivity index (χ1) is 11.2. The molecule has 0 atom stereocenters. The third-order valence-electron chi connectivity index (χ3n) is 4.12. The van der Waals surface area contributed by atoms with Crippen molar-refractivity contribution in [3.8, 4) is 5.88 Å². The van der Waals surface area contributed by atoms with E-state index in [2.05, 4.69) is 27.3 Å². The Hall–Kier alpha value is -2.47. The van der Waals surface area contributed by atoms with Gasteiger partial charge in [0, 0.05) is 37.1 Å². The van der Waals surface area contributed by atoms with E-state index in [-0.39, 0.29) is 0 Å². The number of benzene rings is 1. The summed E-state index contributed by atoms with van der Waals surface area (Å²) in [4.78, 5) is 6.73. The molecule has 1 aliphatic heterocycles. The third kappa shape index (κ3) is 3.32. The average Bonchev–Trinajstić information content (AvgIpc) is 3.11. The molecule has 0 spiro atoms. The molecule has 122 valence electrons. The summed E-state index contributed by atoms with van der Waals surface area (Å²) in [6, 6.07) is 9.73. The van der Waals surface area contributed by atoms with Gasteiger partial charge < -0.3 is 26.4 Å². The molecule has 0 amide bonds. The molecule has 1 aromatic carbocycles. The molecule has 1 aromatic heterocycles. The van der Waals surface area contributed by atoms with Gasteiger partial charge >= 0.3 is 0 Å². The van der Waals surface area contributed by atoms with Crippen LogP contribution < -0.4 is 26.4 Å². The molecule has 23 heavy (non-hydrogen) atoms. The lowest BCUT2D eigenvalue weighted by Gasteiger charge is -2.22. The summed E-state index contributed by atoms with van der Waals surface area (Å²) in [6.07, 6.45) is 2.49. The minimum absolute atomic E-state index is 0.502. The molecule has 6 nitrogen and oxygen atoms in total. The first kappa shape index (κ1) is 15.4. The van der Waals surface area contributed by atoms with Gasteiger partial charge in [0.15, 0.2) is 5.82 Å². The van der Waals surface area contributed by atoms with E-state index in [1.807, 2.05) is 6.07 Å². The first-order valence-electron chi connectivity index (χ1n) is 7.86. The van der Waals surface area contributed by atoms with Crippen LogP contribution in [0.25, 0.3) is 0 Å². The van der Waals surface area contributed by atoms with Crippen molar-refractivity contribution < 1.29 is 4.74 Å². The molecule has 0 saturated carbocycles. The summed E-state index contributed by atoms with van der Waals surface area (Å²) < 4.78 is 5.15. The van der Waals surface area contributed by atoms with Crippen molar-refractivity contribution in [3.05, 3.63) is 35.9 Å². The van der Waals surface area contributed by atoms with Crippen molar-refractivity contribution in [1.29, 1.82) is 0 Å². The summed E-state index contributed by atoms with van der Waals surface area (Å²) in [7, 11) is 1.58. The number of aromatic nitrogens is 1. The van der Waals surface area contributed by atoms with Gasteiger partial charge in [-0.25, -0.2) is 0 Å². The molecule has 6 heteroatoms. The number of hydrogen-bond acceptors (Lipinski definition) is 6. The minimum Gasteiger partial charge on any atom is -0.481 e. The number of nitrogens with zero attached hydrogens (tertiary/aromatic N) is 2. The Morgan fingerprint density at radius 3 is 2.70 bits per heavy atom. The topological polar surface area (TPSA) is 89.4 Å². The smallest absolute Gasteiger partial charge is 0.215 e. The lowest BCUT2D eigenvalue weighted by molar-refractivity contribution is 0.398. The zero-order valence-corrected chi connectivity index (χ0v) is 13.4. The summed E-state index contributed by atoms with van der Waals surface area (Å²) in [5, 5.41) is 3.25. The van der Waals surface area contributed by atoms with Crippen LogP contribution in [0.15, 0.2) is 30.3 Å². The van der Waals surface area contributed by atoms with Crippen LogP contribution in [0.5, 0.6) is 5.88 Å². The van der Waals surface area contributed by atoms with E-state index >= 15 is 0 Å². The van der Waals surface area contributed by atoms with Crippen molar-refractivity contribution in [3.63, 3.8) is 0 Å². The van der Waals surface area contributed by atoms with Crippen molar-refractivity contribution in [2.24, 2.45) is 5.73 Å².